The van der Waals surface area contributed by atoms with Gasteiger partial charge in [-0.3, -0.25) is 19.2 Å². The summed E-state index contributed by atoms with van der Waals surface area (Å²) in [4.78, 5) is 67.5. The van der Waals surface area contributed by atoms with Crippen molar-refractivity contribution in [2.45, 2.75) is 76.9 Å². The van der Waals surface area contributed by atoms with Gasteiger partial charge in [-0.25, -0.2) is 4.79 Å². The number of benzene rings is 2. The molecule has 1 aliphatic carbocycles. The average molecular weight is 630 g/mol. The number of nitrogens with one attached hydrogen (secondary N) is 4. The first-order valence-electron chi connectivity index (χ1n) is 16.1. The Labute approximate surface area is 272 Å². The number of carbonyl (C=O) groups excluding carboxylic acids is 5. The van der Waals surface area contributed by atoms with Crippen molar-refractivity contribution in [2.75, 3.05) is 18.4 Å². The predicted molar refractivity (Wildman–Crippen MR) is 180 cm³/mol. The van der Waals surface area contributed by atoms with E-state index >= 15 is 0 Å². The highest BCUT2D eigenvalue weighted by Gasteiger charge is 2.42. The largest absolute Gasteiger partial charge is 0.346 e. The fourth-order valence-electron chi connectivity index (χ4n) is 5.75. The van der Waals surface area contributed by atoms with Crippen LogP contribution in [-0.4, -0.2) is 65.7 Å². The molecule has 4 rings (SSSR count). The maximum Gasteiger partial charge on any atom is 0.319 e. The van der Waals surface area contributed by atoms with E-state index in [2.05, 4.69) is 48.3 Å². The number of nitrogens with zero attached hydrogens (tertiary/aromatic N) is 1. The molecule has 0 spiro atoms. The summed E-state index contributed by atoms with van der Waals surface area (Å²) < 4.78 is 0. The summed E-state index contributed by atoms with van der Waals surface area (Å²) in [5.74, 6) is -2.65. The fourth-order valence-corrected chi connectivity index (χ4v) is 5.75. The number of Topliss-reactive ketones (excluding diaryl/α,β-unsaturated/α-hetero) is 1. The van der Waals surface area contributed by atoms with Crippen molar-refractivity contribution < 1.29 is 24.0 Å². The van der Waals surface area contributed by atoms with E-state index in [1.807, 2.05) is 30.3 Å². The van der Waals surface area contributed by atoms with Gasteiger partial charge in [0.05, 0.1) is 6.04 Å². The number of allylic oxidation sites excluding steroid dienone is 1. The topological polar surface area (TPSA) is 137 Å². The van der Waals surface area contributed by atoms with Crippen LogP contribution >= 0.6 is 0 Å². The number of ketones is 1. The third-order valence-corrected chi connectivity index (χ3v) is 7.90. The fraction of sp³-hybridized carbons (Fsp3) is 0.417. The summed E-state index contributed by atoms with van der Waals surface area (Å²) >= 11 is 0. The minimum atomic E-state index is -1.07. The summed E-state index contributed by atoms with van der Waals surface area (Å²) in [5.41, 5.74) is 2.85. The van der Waals surface area contributed by atoms with E-state index < -0.39 is 41.8 Å². The van der Waals surface area contributed by atoms with Gasteiger partial charge >= 0.3 is 6.03 Å². The Balaban J connectivity index is 0.00000185. The molecule has 0 saturated carbocycles. The Morgan fingerprint density at radius 2 is 1.54 bits per heavy atom. The lowest BCUT2D eigenvalue weighted by Gasteiger charge is -2.32. The standard InChI is InChI=1S/C33H39N5O5.C3H8/c1-3-5-16-26(29(39)31(41)34-18-4-2)36-30(40)27-17-11-19-38(27)32(42)28(24-20-22-12-9-10-13-23(22)21-24)37-33(43)35-25-14-7-6-8-15-25;1-3-2/h3-4,6-10,12-15,24,26-28H,1-2,5,11,16-21H2,(H,34,41)(H,36,40)(H2,35,37,43);3H2,1-2H3/t26?,27-,28-;/m0./s1. The van der Waals surface area contributed by atoms with Crippen LogP contribution in [0.2, 0.25) is 0 Å². The van der Waals surface area contributed by atoms with Crippen LogP contribution in [0.25, 0.3) is 0 Å². The van der Waals surface area contributed by atoms with Gasteiger partial charge in [-0.05, 0) is 67.7 Å². The van der Waals surface area contributed by atoms with Gasteiger partial charge in [-0.1, -0.05) is 74.9 Å². The second-order valence-electron chi connectivity index (χ2n) is 11.6. The number of anilines is 1. The summed E-state index contributed by atoms with van der Waals surface area (Å²) in [5, 5.41) is 10.9. The number of urea groups is 1. The molecule has 10 nitrogen and oxygen atoms in total. The molecule has 246 valence electrons. The molecule has 3 atom stereocenters. The monoisotopic (exact) mass is 629 g/mol. The highest BCUT2D eigenvalue weighted by Crippen LogP contribution is 2.31. The number of hydrogen-bond acceptors (Lipinski definition) is 5. The summed E-state index contributed by atoms with van der Waals surface area (Å²) in [7, 11) is 0. The lowest BCUT2D eigenvalue weighted by atomic mass is 9.94. The normalized spacial score (nSPS) is 16.5. The highest BCUT2D eigenvalue weighted by molar-refractivity contribution is 6.38. The van der Waals surface area contributed by atoms with E-state index in [1.54, 1.807) is 30.3 Å². The molecule has 5 amide bonds. The van der Waals surface area contributed by atoms with Crippen LogP contribution in [-0.2, 0) is 32.0 Å². The molecule has 1 fully saturated rings. The molecular weight excluding hydrogens is 582 g/mol. The van der Waals surface area contributed by atoms with Crippen molar-refractivity contribution in [1.29, 1.82) is 0 Å². The van der Waals surface area contributed by atoms with E-state index in [9.17, 15) is 24.0 Å². The van der Waals surface area contributed by atoms with Gasteiger partial charge in [-0.15, -0.1) is 13.2 Å². The maximum absolute atomic E-state index is 14.2. The van der Waals surface area contributed by atoms with Crippen molar-refractivity contribution >= 4 is 35.2 Å². The molecule has 1 aliphatic heterocycles. The van der Waals surface area contributed by atoms with Crippen molar-refractivity contribution in [3.63, 3.8) is 0 Å². The molecule has 4 N–H and O–H groups in total. The Morgan fingerprint density at radius 1 is 0.913 bits per heavy atom. The summed E-state index contributed by atoms with van der Waals surface area (Å²) in [6, 6.07) is 13.6. The third kappa shape index (κ3) is 9.89. The lowest BCUT2D eigenvalue weighted by Crippen LogP contribution is -2.58. The Hall–Kier alpha value is -4.73. The first-order chi connectivity index (χ1) is 22.2. The van der Waals surface area contributed by atoms with E-state index in [0.29, 0.717) is 44.3 Å². The minimum absolute atomic E-state index is 0.120. The molecule has 1 unspecified atom stereocenters. The zero-order chi connectivity index (χ0) is 33.5. The van der Waals surface area contributed by atoms with Crippen LogP contribution < -0.4 is 21.3 Å². The Bertz CT molecular complexity index is 1350. The van der Waals surface area contributed by atoms with Crippen LogP contribution in [0.3, 0.4) is 0 Å². The molecule has 0 radical (unpaired) electrons. The van der Waals surface area contributed by atoms with Crippen molar-refractivity contribution in [1.82, 2.24) is 20.9 Å². The summed E-state index contributed by atoms with van der Waals surface area (Å²) in [6.45, 7) is 11.9. The Kier molecular flexibility index (Phi) is 14.2. The number of hydrogen-bond donors (Lipinski definition) is 4. The molecule has 2 aliphatic rings. The van der Waals surface area contributed by atoms with Crippen LogP contribution in [0.5, 0.6) is 0 Å². The first-order valence-corrected chi connectivity index (χ1v) is 16.1. The second-order valence-corrected chi connectivity index (χ2v) is 11.6. The molecule has 1 saturated heterocycles. The van der Waals surface area contributed by atoms with Crippen LogP contribution in [0.4, 0.5) is 10.5 Å². The van der Waals surface area contributed by atoms with Crippen molar-refractivity contribution in [3.8, 4) is 0 Å². The molecule has 46 heavy (non-hydrogen) atoms. The van der Waals surface area contributed by atoms with E-state index in [0.717, 1.165) is 11.1 Å². The SMILES string of the molecule is C=CCCC(NC(=O)[C@@H]1CCCN1C(=O)[C@@H](NC(=O)Nc1ccccc1)C1Cc2ccccc2C1)C(=O)C(=O)NCC=C.CCC. The predicted octanol–water partition coefficient (Wildman–Crippen LogP) is 4.32. The lowest BCUT2D eigenvalue weighted by molar-refractivity contribution is -0.143. The van der Waals surface area contributed by atoms with Gasteiger partial charge in [0.25, 0.3) is 5.91 Å². The van der Waals surface area contributed by atoms with E-state index in [-0.39, 0.29) is 24.8 Å². The molecule has 2 aromatic carbocycles. The van der Waals surface area contributed by atoms with Crippen molar-refractivity contribution in [3.05, 3.63) is 91.0 Å². The van der Waals surface area contributed by atoms with Gasteiger partial charge in [0.1, 0.15) is 12.1 Å². The van der Waals surface area contributed by atoms with Gasteiger partial charge in [0, 0.05) is 18.8 Å². The molecular formula is C36H47N5O5. The van der Waals surface area contributed by atoms with Crippen LogP contribution in [0.15, 0.2) is 79.9 Å². The molecule has 2 aromatic rings. The smallest absolute Gasteiger partial charge is 0.319 e. The number of likely N-dealkylation sites (tertiary alicyclic amines) is 1. The quantitative estimate of drug-likeness (QED) is 0.193. The highest BCUT2D eigenvalue weighted by atomic mass is 16.2. The zero-order valence-corrected chi connectivity index (χ0v) is 26.9. The number of para-hydroxylation sites is 1. The number of amides is 5. The average Bonchev–Trinajstić information content (AvgIpc) is 3.72. The van der Waals surface area contributed by atoms with E-state index in [1.165, 1.54) is 17.4 Å². The van der Waals surface area contributed by atoms with Gasteiger partial charge < -0.3 is 26.2 Å². The van der Waals surface area contributed by atoms with Crippen LogP contribution in [0, 0.1) is 5.92 Å². The summed E-state index contributed by atoms with van der Waals surface area (Å²) in [6.07, 6.45) is 7.12. The Morgan fingerprint density at radius 3 is 2.15 bits per heavy atom. The number of carbonyl (C=O) groups is 5. The van der Waals surface area contributed by atoms with Gasteiger partial charge in [0.15, 0.2) is 0 Å². The molecule has 0 aromatic heterocycles. The number of rotatable bonds is 13. The number of fused-ring (bicyclic) bond motifs is 1. The minimum Gasteiger partial charge on any atom is -0.346 e. The molecule has 0 bridgehead atoms. The molecule has 10 heteroatoms. The van der Waals surface area contributed by atoms with E-state index in [4.69, 9.17) is 0 Å². The molecule has 1 heterocycles. The van der Waals surface area contributed by atoms with Crippen LogP contribution in [0.1, 0.15) is 57.1 Å². The van der Waals surface area contributed by atoms with Gasteiger partial charge in [-0.2, -0.15) is 0 Å². The third-order valence-electron chi connectivity index (χ3n) is 7.90. The van der Waals surface area contributed by atoms with Gasteiger partial charge in [0.2, 0.25) is 17.6 Å². The first kappa shape index (κ1) is 35.7. The zero-order valence-electron chi connectivity index (χ0n) is 26.9. The van der Waals surface area contributed by atoms with Crippen molar-refractivity contribution in [2.24, 2.45) is 5.92 Å². The maximum atomic E-state index is 14.2. The second kappa shape index (κ2) is 18.3.